The molecule has 0 atom stereocenters. The van der Waals surface area contributed by atoms with Crippen molar-refractivity contribution in [2.45, 2.75) is 13.1 Å². The van der Waals surface area contributed by atoms with Gasteiger partial charge in [-0.15, -0.1) is 6.58 Å². The first-order valence-corrected chi connectivity index (χ1v) is 8.67. The normalized spacial score (nSPS) is 10.9. The molecule has 0 amide bonds. The Bertz CT molecular complexity index is 1040. The summed E-state index contributed by atoms with van der Waals surface area (Å²) in [4.78, 5) is 17.2. The smallest absolute Gasteiger partial charge is 0.273 e. The van der Waals surface area contributed by atoms with Crippen molar-refractivity contribution in [2.75, 3.05) is 7.11 Å². The summed E-state index contributed by atoms with van der Waals surface area (Å²) in [5, 5.41) is 0.584. The quantitative estimate of drug-likeness (QED) is 0.498. The number of rotatable bonds is 5. The number of fused-ring (bicyclic) bond motifs is 1. The van der Waals surface area contributed by atoms with Crippen LogP contribution in [0.15, 0.2) is 42.0 Å². The number of nitrogens with zero attached hydrogens (tertiary/aromatic N) is 3. The van der Waals surface area contributed by atoms with Crippen LogP contribution in [0.2, 0.25) is 5.02 Å². The molecule has 3 rings (SSSR count). The summed E-state index contributed by atoms with van der Waals surface area (Å²) in [5.74, 6) is 0.670. The van der Waals surface area contributed by atoms with Crippen molar-refractivity contribution >= 4 is 45.5 Å². The van der Waals surface area contributed by atoms with E-state index >= 15 is 0 Å². The van der Waals surface area contributed by atoms with Crippen molar-refractivity contribution in [1.82, 2.24) is 14.1 Å². The molecule has 2 heterocycles. The van der Waals surface area contributed by atoms with Gasteiger partial charge >= 0.3 is 0 Å². The second-order valence-corrected chi connectivity index (χ2v) is 7.13. The van der Waals surface area contributed by atoms with E-state index in [0.29, 0.717) is 38.2 Å². The van der Waals surface area contributed by atoms with E-state index in [-0.39, 0.29) is 5.56 Å². The molecule has 24 heavy (non-hydrogen) atoms. The SMILES string of the molecule is C=CCn1c(=S)sc2c(=O)n(Cc3cc(Cl)ccc3OC)cnc21. The Morgan fingerprint density at radius 2 is 2.29 bits per heavy atom. The van der Waals surface area contributed by atoms with Crippen LogP contribution in [0.3, 0.4) is 0 Å². The van der Waals surface area contributed by atoms with E-state index in [2.05, 4.69) is 11.6 Å². The highest BCUT2D eigenvalue weighted by molar-refractivity contribution is 7.73. The largest absolute Gasteiger partial charge is 0.496 e. The summed E-state index contributed by atoms with van der Waals surface area (Å²) in [6, 6.07) is 5.30. The number of allylic oxidation sites excluding steroid dienone is 1. The maximum atomic E-state index is 12.8. The Hall–Kier alpha value is -1.96. The molecule has 124 valence electrons. The Balaban J connectivity index is 2.11. The fourth-order valence-electron chi connectivity index (χ4n) is 2.43. The molecule has 0 bridgehead atoms. The van der Waals surface area contributed by atoms with E-state index in [9.17, 15) is 4.79 Å². The van der Waals surface area contributed by atoms with Gasteiger partial charge in [0.2, 0.25) is 0 Å². The lowest BCUT2D eigenvalue weighted by molar-refractivity contribution is 0.408. The monoisotopic (exact) mass is 379 g/mol. The molecule has 2 aromatic heterocycles. The van der Waals surface area contributed by atoms with Crippen LogP contribution in [0, 0.1) is 3.95 Å². The molecule has 0 saturated heterocycles. The fraction of sp³-hybridized carbons (Fsp3) is 0.188. The Morgan fingerprint density at radius 3 is 3.00 bits per heavy atom. The molecule has 0 aliphatic carbocycles. The van der Waals surface area contributed by atoms with Crippen molar-refractivity contribution in [3.05, 3.63) is 62.1 Å². The predicted octanol–water partition coefficient (Wildman–Crippen LogP) is 3.89. The molecule has 0 unspecified atom stereocenters. The Kier molecular flexibility index (Phi) is 4.84. The van der Waals surface area contributed by atoms with E-state index in [4.69, 9.17) is 28.6 Å². The minimum absolute atomic E-state index is 0.138. The van der Waals surface area contributed by atoms with E-state index < -0.39 is 0 Å². The third-order valence-corrected chi connectivity index (χ3v) is 5.20. The molecule has 1 aromatic carbocycles. The highest BCUT2D eigenvalue weighted by Gasteiger charge is 2.13. The van der Waals surface area contributed by atoms with Crippen molar-refractivity contribution in [1.29, 1.82) is 0 Å². The molecule has 0 spiro atoms. The first-order valence-electron chi connectivity index (χ1n) is 7.07. The molecule has 0 aliphatic rings. The molecular weight excluding hydrogens is 366 g/mol. The summed E-state index contributed by atoms with van der Waals surface area (Å²) in [5.41, 5.74) is 1.26. The molecule has 0 radical (unpaired) electrons. The first-order chi connectivity index (χ1) is 11.5. The van der Waals surface area contributed by atoms with Crippen LogP contribution >= 0.6 is 35.2 Å². The van der Waals surface area contributed by atoms with Crippen LogP contribution in [0.1, 0.15) is 5.56 Å². The third-order valence-electron chi connectivity index (χ3n) is 3.54. The summed E-state index contributed by atoms with van der Waals surface area (Å²) in [7, 11) is 1.58. The van der Waals surface area contributed by atoms with E-state index in [1.807, 2.05) is 0 Å². The van der Waals surface area contributed by atoms with Crippen LogP contribution in [0.4, 0.5) is 0 Å². The lowest BCUT2D eigenvalue weighted by atomic mass is 10.2. The summed E-state index contributed by atoms with van der Waals surface area (Å²) >= 11 is 12.6. The predicted molar refractivity (Wildman–Crippen MR) is 100 cm³/mol. The van der Waals surface area contributed by atoms with Gasteiger partial charge in [-0.3, -0.25) is 9.36 Å². The second-order valence-electron chi connectivity index (χ2n) is 5.05. The lowest BCUT2D eigenvalue weighted by Crippen LogP contribution is -2.21. The minimum Gasteiger partial charge on any atom is -0.496 e. The summed E-state index contributed by atoms with van der Waals surface area (Å²) in [6.45, 7) is 4.55. The maximum Gasteiger partial charge on any atom is 0.273 e. The molecular formula is C16H14ClN3O2S2. The zero-order valence-electron chi connectivity index (χ0n) is 12.9. The van der Waals surface area contributed by atoms with Gasteiger partial charge in [0.15, 0.2) is 9.60 Å². The van der Waals surface area contributed by atoms with E-state index in [1.54, 1.807) is 36.0 Å². The minimum atomic E-state index is -0.138. The molecule has 0 N–H and O–H groups in total. The number of halogens is 1. The lowest BCUT2D eigenvalue weighted by Gasteiger charge is -2.10. The number of hydrogen-bond donors (Lipinski definition) is 0. The molecule has 0 aliphatic heterocycles. The highest BCUT2D eigenvalue weighted by Crippen LogP contribution is 2.24. The van der Waals surface area contributed by atoms with Crippen LogP contribution in [-0.4, -0.2) is 21.2 Å². The number of hydrogen-bond acceptors (Lipinski definition) is 5. The van der Waals surface area contributed by atoms with Gasteiger partial charge in [0, 0.05) is 17.1 Å². The number of ether oxygens (including phenoxy) is 1. The van der Waals surface area contributed by atoms with E-state index in [0.717, 1.165) is 5.56 Å². The summed E-state index contributed by atoms with van der Waals surface area (Å²) in [6.07, 6.45) is 3.25. The molecule has 0 fully saturated rings. The van der Waals surface area contributed by atoms with Gasteiger partial charge in [-0.2, -0.15) is 0 Å². The average Bonchev–Trinajstić information content (AvgIpc) is 2.88. The third kappa shape index (κ3) is 3.02. The van der Waals surface area contributed by atoms with Gasteiger partial charge in [0.05, 0.1) is 13.7 Å². The Labute approximate surface area is 152 Å². The molecule has 5 nitrogen and oxygen atoms in total. The van der Waals surface area contributed by atoms with Crippen molar-refractivity contribution in [3.63, 3.8) is 0 Å². The zero-order valence-corrected chi connectivity index (χ0v) is 15.2. The number of thiazole rings is 1. The van der Waals surface area contributed by atoms with Crippen LogP contribution in [-0.2, 0) is 13.1 Å². The van der Waals surface area contributed by atoms with Crippen LogP contribution < -0.4 is 10.3 Å². The van der Waals surface area contributed by atoms with Gasteiger partial charge in [-0.1, -0.05) is 29.0 Å². The second kappa shape index (κ2) is 6.88. The molecule has 8 heteroatoms. The van der Waals surface area contributed by atoms with Gasteiger partial charge in [-0.05, 0) is 30.4 Å². The molecule has 3 aromatic rings. The number of benzene rings is 1. The van der Waals surface area contributed by atoms with Crippen molar-refractivity contribution in [2.24, 2.45) is 0 Å². The number of aromatic nitrogens is 3. The van der Waals surface area contributed by atoms with Crippen LogP contribution in [0.25, 0.3) is 10.3 Å². The van der Waals surface area contributed by atoms with Gasteiger partial charge in [0.1, 0.15) is 16.8 Å². The van der Waals surface area contributed by atoms with Crippen molar-refractivity contribution in [3.8, 4) is 5.75 Å². The topological polar surface area (TPSA) is 49.0 Å². The van der Waals surface area contributed by atoms with Crippen LogP contribution in [0.5, 0.6) is 5.75 Å². The number of methoxy groups -OCH3 is 1. The highest BCUT2D eigenvalue weighted by atomic mass is 35.5. The summed E-state index contributed by atoms with van der Waals surface area (Å²) < 4.78 is 9.80. The van der Waals surface area contributed by atoms with E-state index in [1.165, 1.54) is 22.2 Å². The standard InChI is InChI=1S/C16H14ClN3O2S2/c1-3-6-20-14-13(24-16(20)23)15(21)19(9-18-14)8-10-7-11(17)4-5-12(10)22-2/h3-5,7,9H,1,6,8H2,2H3. The molecule has 0 saturated carbocycles. The fourth-order valence-corrected chi connectivity index (χ4v) is 3.94. The zero-order chi connectivity index (χ0) is 17.3. The van der Waals surface area contributed by atoms with Gasteiger partial charge < -0.3 is 9.30 Å². The average molecular weight is 380 g/mol. The maximum absolute atomic E-state index is 12.8. The van der Waals surface area contributed by atoms with Crippen molar-refractivity contribution < 1.29 is 4.74 Å². The Morgan fingerprint density at radius 1 is 1.50 bits per heavy atom. The first kappa shape index (κ1) is 16.9. The van der Waals surface area contributed by atoms with Gasteiger partial charge in [-0.25, -0.2) is 4.98 Å². The van der Waals surface area contributed by atoms with Gasteiger partial charge in [0.25, 0.3) is 5.56 Å².